The predicted molar refractivity (Wildman–Crippen MR) is 166 cm³/mol. The summed E-state index contributed by atoms with van der Waals surface area (Å²) in [4.78, 5) is 14.9. The highest BCUT2D eigenvalue weighted by molar-refractivity contribution is 7.91. The Balaban J connectivity index is 2.08. The molecule has 2 aromatic carbocycles. The lowest BCUT2D eigenvalue weighted by molar-refractivity contribution is -0.144. The van der Waals surface area contributed by atoms with Gasteiger partial charge in [0.25, 0.3) is 5.91 Å². The van der Waals surface area contributed by atoms with Crippen LogP contribution in [0.15, 0.2) is 47.4 Å². The summed E-state index contributed by atoms with van der Waals surface area (Å²) < 4.78 is 27.9. The molecule has 43 heavy (non-hydrogen) atoms. The molecule has 7 N–H and O–H groups in total. The van der Waals surface area contributed by atoms with Crippen LogP contribution in [0.1, 0.15) is 69.5 Å². The molecule has 1 heterocycles. The van der Waals surface area contributed by atoms with Crippen molar-refractivity contribution in [1.29, 1.82) is 0 Å². The predicted octanol–water partition coefficient (Wildman–Crippen LogP) is 1.71. The number of aliphatic hydroxyl groups is 5. The van der Waals surface area contributed by atoms with Crippen LogP contribution in [0.5, 0.6) is 0 Å². The van der Waals surface area contributed by atoms with Crippen molar-refractivity contribution in [2.24, 2.45) is 0 Å². The number of fused-ring (bicyclic) bond motifs is 1. The molecule has 0 unspecified atom stereocenters. The molecule has 3 rings (SSSR count). The number of carbonyl (C=O) groups excluding carboxylic acids is 1. The zero-order valence-corrected chi connectivity index (χ0v) is 26.2. The van der Waals surface area contributed by atoms with Crippen LogP contribution in [0, 0.1) is 0 Å². The Morgan fingerprint density at radius 1 is 1.02 bits per heavy atom. The quantitative estimate of drug-likeness (QED) is 0.164. The van der Waals surface area contributed by atoms with Crippen molar-refractivity contribution in [3.8, 4) is 0 Å². The van der Waals surface area contributed by atoms with Crippen LogP contribution in [0.4, 0.5) is 11.4 Å². The second kappa shape index (κ2) is 14.9. The van der Waals surface area contributed by atoms with Gasteiger partial charge in [-0.3, -0.25) is 10.1 Å². The first-order chi connectivity index (χ1) is 20.3. The Labute approximate surface area is 254 Å². The third-order valence-corrected chi connectivity index (χ3v) is 10.1. The minimum Gasteiger partial charge on any atom is -0.394 e. The molecule has 0 spiro atoms. The number of amides is 1. The number of aliphatic hydroxyl groups excluding tert-OH is 5. The number of anilines is 2. The smallest absolute Gasteiger partial charge is 0.256 e. The summed E-state index contributed by atoms with van der Waals surface area (Å²) in [5.74, 6) is -1.06. The molecule has 12 heteroatoms. The van der Waals surface area contributed by atoms with Gasteiger partial charge >= 0.3 is 0 Å². The average molecular weight is 622 g/mol. The van der Waals surface area contributed by atoms with Crippen LogP contribution in [-0.2, 0) is 14.6 Å². The maximum absolute atomic E-state index is 14.0. The Hall–Kier alpha value is -2.58. The van der Waals surface area contributed by atoms with Gasteiger partial charge in [-0.2, -0.15) is 0 Å². The van der Waals surface area contributed by atoms with E-state index in [-0.39, 0.29) is 16.3 Å². The first-order valence-electron chi connectivity index (χ1n) is 14.8. The summed E-state index contributed by atoms with van der Waals surface area (Å²) >= 11 is 0. The van der Waals surface area contributed by atoms with Crippen molar-refractivity contribution in [2.75, 3.05) is 36.7 Å². The molecule has 0 aromatic heterocycles. The van der Waals surface area contributed by atoms with Gasteiger partial charge in [-0.1, -0.05) is 51.7 Å². The first-order valence-corrected chi connectivity index (χ1v) is 16.5. The molecule has 0 fully saturated rings. The minimum atomic E-state index is -3.67. The maximum atomic E-state index is 14.0. The van der Waals surface area contributed by atoms with Gasteiger partial charge in [-0.05, 0) is 54.3 Å². The third kappa shape index (κ3) is 8.33. The monoisotopic (exact) mass is 621 g/mol. The number of hydrogen-bond donors (Lipinski definition) is 7. The normalized spacial score (nSPS) is 20.3. The average Bonchev–Trinajstić information content (AvgIpc) is 3.09. The van der Waals surface area contributed by atoms with Gasteiger partial charge in [0, 0.05) is 31.0 Å². The molecule has 11 nitrogen and oxygen atoms in total. The standard InChI is InChI=1S/C31H47N3O8S/c1-5-7-14-31(15-8-6-2)19-43(41,42)25-13-12-22(34(3)4)17-23(25)26(33-31)20-10-9-11-21(16-20)32-30(40)29(39)28(38)27(37)24(36)18-35/h9-13,16-17,24,26-29,33,35-39H,5-8,14-15,18-19H2,1-4H3,(H,32,40)/t24-,26-,27-,28+,29-/m1/s1. The molecule has 5 atom stereocenters. The summed E-state index contributed by atoms with van der Waals surface area (Å²) in [6.07, 6.45) is -2.95. The Kier molecular flexibility index (Phi) is 12.1. The highest BCUT2D eigenvalue weighted by Gasteiger charge is 2.42. The van der Waals surface area contributed by atoms with Gasteiger partial charge in [0.15, 0.2) is 15.9 Å². The number of nitrogens with one attached hydrogen (secondary N) is 2. The number of hydrogen-bond acceptors (Lipinski definition) is 10. The number of unbranched alkanes of at least 4 members (excludes halogenated alkanes) is 2. The second-order valence-corrected chi connectivity index (χ2v) is 13.7. The topological polar surface area (TPSA) is 180 Å². The minimum absolute atomic E-state index is 0.0344. The first kappa shape index (κ1) is 34.9. The van der Waals surface area contributed by atoms with Gasteiger partial charge in [-0.15, -0.1) is 0 Å². The summed E-state index contributed by atoms with van der Waals surface area (Å²) in [7, 11) is 0.0957. The number of carbonyl (C=O) groups is 1. The lowest BCUT2D eigenvalue weighted by Gasteiger charge is -2.37. The maximum Gasteiger partial charge on any atom is 0.256 e. The van der Waals surface area contributed by atoms with Crippen LogP contribution in [-0.4, -0.2) is 96.3 Å². The Bertz CT molecular complexity index is 1330. The lowest BCUT2D eigenvalue weighted by atomic mass is 9.86. The van der Waals surface area contributed by atoms with Gasteiger partial charge in [-0.25, -0.2) is 8.42 Å². The van der Waals surface area contributed by atoms with Crippen molar-refractivity contribution in [2.45, 2.75) is 93.3 Å². The fourth-order valence-corrected chi connectivity index (χ4v) is 7.65. The van der Waals surface area contributed by atoms with E-state index in [9.17, 15) is 33.6 Å². The fourth-order valence-electron chi connectivity index (χ4n) is 5.59. The van der Waals surface area contributed by atoms with Gasteiger partial charge in [0.2, 0.25) is 0 Å². The van der Waals surface area contributed by atoms with Crippen LogP contribution < -0.4 is 15.5 Å². The van der Waals surface area contributed by atoms with Crippen LogP contribution in [0.2, 0.25) is 0 Å². The molecule has 0 radical (unpaired) electrons. The summed E-state index contributed by atoms with van der Waals surface area (Å²) in [6, 6.07) is 11.6. The fraction of sp³-hybridized carbons (Fsp3) is 0.581. The van der Waals surface area contributed by atoms with E-state index in [1.807, 2.05) is 31.1 Å². The summed E-state index contributed by atoms with van der Waals surface area (Å²) in [5.41, 5.74) is 1.71. The van der Waals surface area contributed by atoms with Gasteiger partial charge < -0.3 is 35.7 Å². The number of benzene rings is 2. The van der Waals surface area contributed by atoms with E-state index in [2.05, 4.69) is 24.5 Å². The van der Waals surface area contributed by atoms with E-state index in [0.29, 0.717) is 24.0 Å². The van der Waals surface area contributed by atoms with E-state index in [0.717, 1.165) is 31.4 Å². The number of sulfone groups is 1. The lowest BCUT2D eigenvalue weighted by Crippen LogP contribution is -2.50. The second-order valence-electron chi connectivity index (χ2n) is 11.7. The van der Waals surface area contributed by atoms with E-state index in [4.69, 9.17) is 5.11 Å². The van der Waals surface area contributed by atoms with E-state index >= 15 is 0 Å². The molecular formula is C31H47N3O8S. The van der Waals surface area contributed by atoms with E-state index < -0.39 is 58.3 Å². The molecule has 2 aromatic rings. The third-order valence-electron chi connectivity index (χ3n) is 8.10. The largest absolute Gasteiger partial charge is 0.394 e. The Morgan fingerprint density at radius 3 is 2.26 bits per heavy atom. The van der Waals surface area contributed by atoms with Crippen molar-refractivity contribution in [3.63, 3.8) is 0 Å². The van der Waals surface area contributed by atoms with Crippen molar-refractivity contribution in [3.05, 3.63) is 53.6 Å². The molecule has 1 aliphatic heterocycles. The van der Waals surface area contributed by atoms with Crippen molar-refractivity contribution in [1.82, 2.24) is 5.32 Å². The van der Waals surface area contributed by atoms with Gasteiger partial charge in [0.05, 0.1) is 23.3 Å². The molecule has 0 aliphatic carbocycles. The molecule has 1 aliphatic rings. The molecular weight excluding hydrogens is 574 g/mol. The van der Waals surface area contributed by atoms with E-state index in [1.165, 1.54) is 0 Å². The molecule has 0 saturated heterocycles. The van der Waals surface area contributed by atoms with Crippen molar-refractivity contribution < 1.29 is 38.7 Å². The van der Waals surface area contributed by atoms with Crippen molar-refractivity contribution >= 4 is 27.1 Å². The summed E-state index contributed by atoms with van der Waals surface area (Å²) in [6.45, 7) is 3.29. The SMILES string of the molecule is CCCCC1(CCCC)CS(=O)(=O)c2ccc(N(C)C)cc2[C@@H](c2cccc(NC(=O)[C@H](O)[C@@H](O)[C@H](O)[C@H](O)CO)c2)N1. The molecule has 1 amide bonds. The van der Waals surface area contributed by atoms with Crippen LogP contribution in [0.25, 0.3) is 0 Å². The summed E-state index contributed by atoms with van der Waals surface area (Å²) in [5, 5.41) is 55.3. The highest BCUT2D eigenvalue weighted by atomic mass is 32.2. The van der Waals surface area contributed by atoms with Gasteiger partial charge in [0.1, 0.15) is 18.3 Å². The molecule has 0 bridgehead atoms. The number of rotatable bonds is 14. The Morgan fingerprint density at radius 2 is 1.67 bits per heavy atom. The zero-order valence-electron chi connectivity index (χ0n) is 25.4. The van der Waals surface area contributed by atoms with Crippen LogP contribution in [0.3, 0.4) is 0 Å². The molecule has 0 saturated carbocycles. The zero-order chi connectivity index (χ0) is 31.9. The highest BCUT2D eigenvalue weighted by Crippen LogP contribution is 2.40. The van der Waals surface area contributed by atoms with E-state index in [1.54, 1.807) is 30.3 Å². The van der Waals surface area contributed by atoms with Crippen LogP contribution >= 0.6 is 0 Å². The molecule has 240 valence electrons. The number of nitrogens with zero attached hydrogens (tertiary/aromatic N) is 1.